The lowest BCUT2D eigenvalue weighted by Crippen LogP contribution is -2.29. The van der Waals surface area contributed by atoms with Crippen molar-refractivity contribution >= 4 is 18.7 Å². The van der Waals surface area contributed by atoms with Crippen molar-refractivity contribution in [2.24, 2.45) is 0 Å². The molecule has 0 aliphatic rings. The minimum absolute atomic E-state index is 0.880. The van der Waals surface area contributed by atoms with Gasteiger partial charge in [0.25, 0.3) is 7.63 Å². The zero-order valence-corrected chi connectivity index (χ0v) is 13.1. The van der Waals surface area contributed by atoms with Crippen molar-refractivity contribution in [2.75, 3.05) is 6.61 Å². The van der Waals surface area contributed by atoms with E-state index in [4.69, 9.17) is 15.5 Å². The fourth-order valence-electron chi connectivity index (χ4n) is 1.77. The van der Waals surface area contributed by atoms with Gasteiger partial charge >= 0.3 is 0 Å². The van der Waals surface area contributed by atoms with Crippen molar-refractivity contribution in [1.82, 2.24) is 0 Å². The highest BCUT2D eigenvalue weighted by Crippen LogP contribution is 2.21. The third-order valence-corrected chi connectivity index (χ3v) is 7.93. The Labute approximate surface area is 108 Å². The molecule has 0 aromatic carbocycles. The average Bonchev–Trinajstić information content (AvgIpc) is 2.32. The maximum atomic E-state index is 6.41. The van der Waals surface area contributed by atoms with Crippen molar-refractivity contribution in [3.8, 4) is 0 Å². The van der Waals surface area contributed by atoms with Crippen LogP contribution in [0.5, 0.6) is 0 Å². The van der Waals surface area contributed by atoms with E-state index in [-0.39, 0.29) is 0 Å². The lowest BCUT2D eigenvalue weighted by Gasteiger charge is -2.21. The molecule has 1 nitrogen and oxygen atoms in total. The predicted molar refractivity (Wildman–Crippen MR) is 76.5 cm³/mol. The Bertz CT molecular complexity index is 149. The number of halogens is 1. The summed E-state index contributed by atoms with van der Waals surface area (Å²) in [6.45, 7) is 7.43. The van der Waals surface area contributed by atoms with Gasteiger partial charge in [0.1, 0.15) is 0 Å². The lowest BCUT2D eigenvalue weighted by atomic mass is 10.1. The molecule has 0 aromatic heterocycles. The molecule has 0 saturated carbocycles. The smallest absolute Gasteiger partial charge is 0.289 e. The highest BCUT2D eigenvalue weighted by Gasteiger charge is 2.27. The van der Waals surface area contributed by atoms with E-state index in [1.165, 1.54) is 44.9 Å². The molecular formula is C13H29ClOSi. The van der Waals surface area contributed by atoms with E-state index in [9.17, 15) is 0 Å². The van der Waals surface area contributed by atoms with E-state index < -0.39 is 7.63 Å². The van der Waals surface area contributed by atoms with E-state index in [0.29, 0.717) is 0 Å². The average molecular weight is 265 g/mol. The molecule has 0 spiro atoms. The standard InChI is InChI=1S/C13H29ClOSi/c1-4-7-8-9-10-11-12-13-15-16(14,5-2)6-3/h4-13H2,1-3H3. The van der Waals surface area contributed by atoms with Gasteiger partial charge in [-0.05, 0) is 18.5 Å². The third kappa shape index (κ3) is 8.60. The highest BCUT2D eigenvalue weighted by molar-refractivity contribution is 7.16. The summed E-state index contributed by atoms with van der Waals surface area (Å²) >= 11 is 6.41. The zero-order valence-electron chi connectivity index (χ0n) is 11.4. The van der Waals surface area contributed by atoms with Crippen LogP contribution >= 0.6 is 11.1 Å². The molecular weight excluding hydrogens is 236 g/mol. The summed E-state index contributed by atoms with van der Waals surface area (Å²) in [6.07, 6.45) is 9.36. The Morgan fingerprint density at radius 3 is 1.81 bits per heavy atom. The van der Waals surface area contributed by atoms with Gasteiger partial charge in [0.15, 0.2) is 0 Å². The summed E-state index contributed by atoms with van der Waals surface area (Å²) in [5.41, 5.74) is 0. The Balaban J connectivity index is 3.26. The Kier molecular flexibility index (Phi) is 10.9. The van der Waals surface area contributed by atoms with Gasteiger partial charge in [0.2, 0.25) is 0 Å². The van der Waals surface area contributed by atoms with Crippen LogP contribution in [-0.2, 0) is 4.43 Å². The molecule has 16 heavy (non-hydrogen) atoms. The minimum atomic E-state index is -1.81. The first-order chi connectivity index (χ1) is 7.68. The van der Waals surface area contributed by atoms with Crippen LogP contribution in [0.25, 0.3) is 0 Å². The first-order valence-corrected chi connectivity index (χ1v) is 10.3. The van der Waals surface area contributed by atoms with Gasteiger partial charge in [0.05, 0.1) is 0 Å². The SMILES string of the molecule is CCCCCCCCCO[Si](Cl)(CC)CC. The summed E-state index contributed by atoms with van der Waals surface area (Å²) in [6, 6.07) is 2.06. The van der Waals surface area contributed by atoms with E-state index in [2.05, 4.69) is 20.8 Å². The van der Waals surface area contributed by atoms with Crippen LogP contribution in [-0.4, -0.2) is 14.2 Å². The van der Waals surface area contributed by atoms with Crippen LogP contribution in [0.2, 0.25) is 12.1 Å². The molecule has 0 bridgehead atoms. The normalized spacial score (nSPS) is 12.0. The first-order valence-electron chi connectivity index (χ1n) is 7.01. The summed E-state index contributed by atoms with van der Waals surface area (Å²) in [5, 5.41) is 0. The molecule has 0 radical (unpaired) electrons. The van der Waals surface area contributed by atoms with Crippen molar-refractivity contribution in [1.29, 1.82) is 0 Å². The van der Waals surface area contributed by atoms with Crippen molar-refractivity contribution in [3.63, 3.8) is 0 Å². The molecule has 0 aliphatic heterocycles. The number of rotatable bonds is 11. The second-order valence-electron chi connectivity index (χ2n) is 4.56. The number of hydrogen-bond donors (Lipinski definition) is 0. The van der Waals surface area contributed by atoms with Crippen LogP contribution < -0.4 is 0 Å². The Morgan fingerprint density at radius 1 is 0.812 bits per heavy atom. The molecule has 0 amide bonds. The second kappa shape index (κ2) is 10.6. The van der Waals surface area contributed by atoms with Gasteiger partial charge in [-0.25, -0.2) is 0 Å². The van der Waals surface area contributed by atoms with Gasteiger partial charge < -0.3 is 4.43 Å². The molecule has 0 fully saturated rings. The van der Waals surface area contributed by atoms with E-state index in [0.717, 1.165) is 18.7 Å². The van der Waals surface area contributed by atoms with Gasteiger partial charge in [-0.3, -0.25) is 0 Å². The Hall–Kier alpha value is 0.467. The minimum Gasteiger partial charge on any atom is -0.403 e. The molecule has 0 unspecified atom stereocenters. The summed E-state index contributed by atoms with van der Waals surface area (Å²) in [7, 11) is -1.81. The maximum Gasteiger partial charge on any atom is 0.289 e. The zero-order chi connectivity index (χ0) is 12.3. The monoisotopic (exact) mass is 264 g/mol. The third-order valence-electron chi connectivity index (χ3n) is 3.16. The van der Waals surface area contributed by atoms with Crippen LogP contribution in [0.15, 0.2) is 0 Å². The molecule has 0 rings (SSSR count). The van der Waals surface area contributed by atoms with Crippen molar-refractivity contribution in [3.05, 3.63) is 0 Å². The molecule has 0 saturated heterocycles. The fourth-order valence-corrected chi connectivity index (χ4v) is 3.42. The van der Waals surface area contributed by atoms with Crippen LogP contribution in [0, 0.1) is 0 Å². The van der Waals surface area contributed by atoms with E-state index in [1.54, 1.807) is 0 Å². The number of hydrogen-bond acceptors (Lipinski definition) is 1. The van der Waals surface area contributed by atoms with Crippen LogP contribution in [0.3, 0.4) is 0 Å². The molecule has 3 heteroatoms. The molecule has 0 aromatic rings. The first kappa shape index (κ1) is 16.5. The van der Waals surface area contributed by atoms with E-state index in [1.807, 2.05) is 0 Å². The number of unbranched alkanes of at least 4 members (excludes halogenated alkanes) is 6. The van der Waals surface area contributed by atoms with Gasteiger partial charge in [0, 0.05) is 6.61 Å². The van der Waals surface area contributed by atoms with Gasteiger partial charge in [-0.15, -0.1) is 11.1 Å². The summed E-state index contributed by atoms with van der Waals surface area (Å²) < 4.78 is 5.86. The van der Waals surface area contributed by atoms with Crippen molar-refractivity contribution < 1.29 is 4.43 Å². The molecule has 0 N–H and O–H groups in total. The second-order valence-corrected chi connectivity index (χ2v) is 10.1. The Morgan fingerprint density at radius 2 is 1.31 bits per heavy atom. The highest BCUT2D eigenvalue weighted by atomic mass is 35.6. The van der Waals surface area contributed by atoms with Crippen molar-refractivity contribution in [2.45, 2.75) is 77.8 Å². The summed E-state index contributed by atoms with van der Waals surface area (Å²) in [5.74, 6) is 0. The molecule has 0 aliphatic carbocycles. The van der Waals surface area contributed by atoms with E-state index >= 15 is 0 Å². The van der Waals surface area contributed by atoms with Crippen LogP contribution in [0.4, 0.5) is 0 Å². The quantitative estimate of drug-likeness (QED) is 0.273. The van der Waals surface area contributed by atoms with Gasteiger partial charge in [-0.2, -0.15) is 0 Å². The van der Waals surface area contributed by atoms with Gasteiger partial charge in [-0.1, -0.05) is 59.3 Å². The molecule has 0 atom stereocenters. The maximum absolute atomic E-state index is 6.41. The van der Waals surface area contributed by atoms with Crippen LogP contribution in [0.1, 0.15) is 65.7 Å². The predicted octanol–water partition coefficient (Wildman–Crippen LogP) is 5.47. The lowest BCUT2D eigenvalue weighted by molar-refractivity contribution is 0.299. The topological polar surface area (TPSA) is 9.23 Å². The fraction of sp³-hybridized carbons (Fsp3) is 1.00. The largest absolute Gasteiger partial charge is 0.403 e. The summed E-state index contributed by atoms with van der Waals surface area (Å²) in [4.78, 5) is 0. The molecule has 0 heterocycles. The molecule has 98 valence electrons.